The minimum absolute atomic E-state index is 0.0290. The second kappa shape index (κ2) is 11.1. The van der Waals surface area contributed by atoms with Crippen LogP contribution in [0.1, 0.15) is 44.7 Å². The first kappa shape index (κ1) is 27.1. The van der Waals surface area contributed by atoms with Crippen LogP contribution in [0.4, 0.5) is 18.9 Å². The second-order valence-corrected chi connectivity index (χ2v) is 10.9. The molecule has 212 valence electrons. The molecule has 41 heavy (non-hydrogen) atoms. The van der Waals surface area contributed by atoms with Crippen molar-refractivity contribution in [1.82, 2.24) is 14.4 Å². The van der Waals surface area contributed by atoms with Gasteiger partial charge in [-0.3, -0.25) is 9.69 Å². The molecule has 0 radical (unpaired) electrons. The molecule has 8 heteroatoms. The number of hydrogen-bond acceptors (Lipinski definition) is 3. The SMILES string of the molecule is Cn1cccc1[C@H]1[C@H](CN2CCN(c3cccc(C(F)(F)F)c3)CC2)c2ccccc2C(=O)N1Cc1ccccc1. The van der Waals surface area contributed by atoms with E-state index in [0.717, 1.165) is 48.1 Å². The fourth-order valence-electron chi connectivity index (χ4n) is 6.33. The highest BCUT2D eigenvalue weighted by Gasteiger charge is 2.42. The molecule has 0 bridgehead atoms. The molecule has 0 N–H and O–H groups in total. The van der Waals surface area contributed by atoms with Crippen molar-refractivity contribution >= 4 is 11.6 Å². The van der Waals surface area contributed by atoms with E-state index >= 15 is 0 Å². The summed E-state index contributed by atoms with van der Waals surface area (Å²) in [7, 11) is 2.02. The molecule has 5 nitrogen and oxygen atoms in total. The maximum atomic E-state index is 14.0. The van der Waals surface area contributed by atoms with E-state index in [2.05, 4.69) is 33.7 Å². The Balaban J connectivity index is 1.29. The third-order valence-electron chi connectivity index (χ3n) is 8.42. The van der Waals surface area contributed by atoms with Gasteiger partial charge < -0.3 is 14.4 Å². The molecule has 4 aromatic rings. The first-order valence-electron chi connectivity index (χ1n) is 14.0. The largest absolute Gasteiger partial charge is 0.416 e. The average molecular weight is 559 g/mol. The fraction of sp³-hybridized carbons (Fsp3) is 0.303. The molecule has 1 amide bonds. The monoisotopic (exact) mass is 558 g/mol. The number of nitrogens with zero attached hydrogens (tertiary/aromatic N) is 4. The Morgan fingerprint density at radius 2 is 1.56 bits per heavy atom. The van der Waals surface area contributed by atoms with Crippen LogP contribution in [0.5, 0.6) is 0 Å². The van der Waals surface area contributed by atoms with Crippen LogP contribution in [0.3, 0.4) is 0 Å². The summed E-state index contributed by atoms with van der Waals surface area (Å²) in [6.45, 7) is 3.96. The number of rotatable bonds is 6. The van der Waals surface area contributed by atoms with Gasteiger partial charge in [-0.15, -0.1) is 0 Å². The number of fused-ring (bicyclic) bond motifs is 1. The van der Waals surface area contributed by atoms with Gasteiger partial charge in [0.05, 0.1) is 11.6 Å². The molecule has 1 aromatic heterocycles. The molecule has 1 saturated heterocycles. The number of hydrogen-bond donors (Lipinski definition) is 0. The molecule has 3 aromatic carbocycles. The number of aromatic nitrogens is 1. The van der Waals surface area contributed by atoms with Crippen molar-refractivity contribution in [3.05, 3.63) is 125 Å². The summed E-state index contributed by atoms with van der Waals surface area (Å²) >= 11 is 0. The number of aryl methyl sites for hydroxylation is 1. The standard InChI is InChI=1S/C33H33F3N4O/c1-37-16-8-15-30(37)31-29(23-38-17-19-39(20-18-38)26-12-7-11-25(21-26)33(34,35)36)27-13-5-6-14-28(27)32(41)40(31)22-24-9-3-2-4-10-24/h2-16,21,29,31H,17-20,22-23H2,1H3/t29-,31-/m1/s1. The number of benzene rings is 3. The van der Waals surface area contributed by atoms with Crippen molar-refractivity contribution in [3.8, 4) is 0 Å². The predicted octanol–water partition coefficient (Wildman–Crippen LogP) is 6.35. The average Bonchev–Trinajstić information content (AvgIpc) is 3.41. The van der Waals surface area contributed by atoms with Gasteiger partial charge in [0.15, 0.2) is 0 Å². The number of amides is 1. The van der Waals surface area contributed by atoms with Crippen LogP contribution in [0.2, 0.25) is 0 Å². The van der Waals surface area contributed by atoms with Crippen LogP contribution in [-0.2, 0) is 19.8 Å². The van der Waals surface area contributed by atoms with Crippen molar-refractivity contribution in [3.63, 3.8) is 0 Å². The molecule has 0 saturated carbocycles. The lowest BCUT2D eigenvalue weighted by molar-refractivity contribution is -0.137. The first-order valence-corrected chi connectivity index (χ1v) is 14.0. The van der Waals surface area contributed by atoms with Gasteiger partial charge in [-0.25, -0.2) is 0 Å². The van der Waals surface area contributed by atoms with Crippen LogP contribution < -0.4 is 4.90 Å². The highest BCUT2D eigenvalue weighted by molar-refractivity contribution is 5.97. The van der Waals surface area contributed by atoms with Gasteiger partial charge in [-0.2, -0.15) is 13.2 Å². The predicted molar refractivity (Wildman–Crippen MR) is 154 cm³/mol. The third kappa shape index (κ3) is 5.48. The summed E-state index contributed by atoms with van der Waals surface area (Å²) in [5.74, 6) is 0.0580. The van der Waals surface area contributed by atoms with E-state index in [1.807, 2.05) is 65.5 Å². The molecule has 1 fully saturated rings. The molecule has 2 atom stereocenters. The number of piperazine rings is 1. The van der Waals surface area contributed by atoms with Crippen molar-refractivity contribution in [1.29, 1.82) is 0 Å². The van der Waals surface area contributed by atoms with Crippen molar-refractivity contribution in [2.24, 2.45) is 7.05 Å². The van der Waals surface area contributed by atoms with Gasteiger partial charge in [0.25, 0.3) is 5.91 Å². The molecule has 2 aliphatic heterocycles. The van der Waals surface area contributed by atoms with Gasteiger partial charge in [-0.1, -0.05) is 54.6 Å². The van der Waals surface area contributed by atoms with E-state index < -0.39 is 11.7 Å². The molecule has 0 aliphatic carbocycles. The number of carbonyl (C=O) groups is 1. The van der Waals surface area contributed by atoms with E-state index in [9.17, 15) is 18.0 Å². The lowest BCUT2D eigenvalue weighted by Gasteiger charge is -2.45. The molecule has 0 spiro atoms. The Labute approximate surface area is 238 Å². The van der Waals surface area contributed by atoms with Crippen LogP contribution in [0.25, 0.3) is 0 Å². The summed E-state index contributed by atoms with van der Waals surface area (Å²) < 4.78 is 42.0. The Hall–Kier alpha value is -4.04. The van der Waals surface area contributed by atoms with E-state index in [1.165, 1.54) is 12.1 Å². The van der Waals surface area contributed by atoms with E-state index in [4.69, 9.17) is 0 Å². The minimum atomic E-state index is -4.36. The zero-order valence-electron chi connectivity index (χ0n) is 23.0. The number of anilines is 1. The topological polar surface area (TPSA) is 31.7 Å². The smallest absolute Gasteiger partial charge is 0.369 e. The lowest BCUT2D eigenvalue weighted by Crippen LogP contribution is -2.51. The Morgan fingerprint density at radius 3 is 2.27 bits per heavy atom. The van der Waals surface area contributed by atoms with E-state index in [0.29, 0.717) is 25.3 Å². The minimum Gasteiger partial charge on any atom is -0.369 e. The summed E-state index contributed by atoms with van der Waals surface area (Å²) in [5.41, 5.74) is 3.92. The van der Waals surface area contributed by atoms with Gasteiger partial charge in [0.2, 0.25) is 0 Å². The van der Waals surface area contributed by atoms with Gasteiger partial charge in [0, 0.05) is 75.4 Å². The molecule has 6 rings (SSSR count). The summed E-state index contributed by atoms with van der Waals surface area (Å²) in [4.78, 5) is 20.4. The fourth-order valence-corrected chi connectivity index (χ4v) is 6.33. The van der Waals surface area contributed by atoms with E-state index in [1.54, 1.807) is 6.07 Å². The maximum Gasteiger partial charge on any atom is 0.416 e. The molecular weight excluding hydrogens is 525 g/mol. The van der Waals surface area contributed by atoms with Gasteiger partial charge >= 0.3 is 6.18 Å². The highest BCUT2D eigenvalue weighted by atomic mass is 19.4. The van der Waals surface area contributed by atoms with Crippen molar-refractivity contribution in [2.45, 2.75) is 24.7 Å². The zero-order chi connectivity index (χ0) is 28.6. The molecule has 3 heterocycles. The molecule has 0 unspecified atom stereocenters. The lowest BCUT2D eigenvalue weighted by atomic mass is 9.80. The first-order chi connectivity index (χ1) is 19.8. The summed E-state index contributed by atoms with van der Waals surface area (Å²) in [5, 5.41) is 0. The third-order valence-corrected chi connectivity index (χ3v) is 8.42. The van der Waals surface area contributed by atoms with Crippen LogP contribution in [0, 0.1) is 0 Å². The number of alkyl halides is 3. The summed E-state index contributed by atoms with van der Waals surface area (Å²) in [6.07, 6.45) is -2.34. The maximum absolute atomic E-state index is 14.0. The molecular formula is C33H33F3N4O. The quantitative estimate of drug-likeness (QED) is 0.277. The van der Waals surface area contributed by atoms with E-state index in [-0.39, 0.29) is 17.9 Å². The van der Waals surface area contributed by atoms with Crippen LogP contribution in [0.15, 0.2) is 97.2 Å². The van der Waals surface area contributed by atoms with Gasteiger partial charge in [-0.05, 0) is 47.5 Å². The molecule has 2 aliphatic rings. The van der Waals surface area contributed by atoms with Crippen molar-refractivity contribution in [2.75, 3.05) is 37.6 Å². The van der Waals surface area contributed by atoms with Crippen LogP contribution >= 0.6 is 0 Å². The zero-order valence-corrected chi connectivity index (χ0v) is 23.0. The summed E-state index contributed by atoms with van der Waals surface area (Å²) in [6, 6.07) is 27.5. The number of carbonyl (C=O) groups excluding carboxylic acids is 1. The Bertz CT molecular complexity index is 1510. The highest BCUT2D eigenvalue weighted by Crippen LogP contribution is 2.44. The Kier molecular flexibility index (Phi) is 7.34. The van der Waals surface area contributed by atoms with Gasteiger partial charge in [0.1, 0.15) is 0 Å². The normalized spacial score (nSPS) is 19.9. The van der Waals surface area contributed by atoms with Crippen molar-refractivity contribution < 1.29 is 18.0 Å². The number of halogens is 3. The van der Waals surface area contributed by atoms with Crippen LogP contribution in [-0.4, -0.2) is 53.0 Å². The Morgan fingerprint density at radius 1 is 0.829 bits per heavy atom. The second-order valence-electron chi connectivity index (χ2n) is 10.9.